The van der Waals surface area contributed by atoms with Crippen molar-refractivity contribution < 1.29 is 4.79 Å². The van der Waals surface area contributed by atoms with Crippen molar-refractivity contribution in [2.45, 2.75) is 32.1 Å². The smallest absolute Gasteiger partial charge is 0.160 e. The van der Waals surface area contributed by atoms with Gasteiger partial charge in [-0.25, -0.2) is 0 Å². The quantitative estimate of drug-likeness (QED) is 0.607. The second-order valence-corrected chi connectivity index (χ2v) is 4.56. The molecule has 1 nitrogen and oxygen atoms in total. The Morgan fingerprint density at radius 2 is 2.50 bits per heavy atom. The predicted octanol–water partition coefficient (Wildman–Crippen LogP) is 3.00. The monoisotopic (exact) mass is 180 g/mol. The second kappa shape index (κ2) is 3.02. The van der Waals surface area contributed by atoms with E-state index < -0.39 is 0 Å². The Bertz CT molecular complexity index is 301. The zero-order chi connectivity index (χ0) is 8.55. The van der Waals surface area contributed by atoms with Crippen LogP contribution in [0.1, 0.15) is 45.8 Å². The maximum absolute atomic E-state index is 10.5. The molecule has 1 aliphatic rings. The maximum atomic E-state index is 10.5. The van der Waals surface area contributed by atoms with Gasteiger partial charge in [0, 0.05) is 4.88 Å². The molecular weight excluding hydrogens is 168 g/mol. The lowest BCUT2D eigenvalue weighted by molar-refractivity contribution is 0.112. The van der Waals surface area contributed by atoms with Crippen molar-refractivity contribution >= 4 is 17.6 Å². The minimum atomic E-state index is 0.674. The average molecular weight is 180 g/mol. The lowest BCUT2D eigenvalue weighted by Crippen LogP contribution is -2.02. The standard InChI is InChI=1S/C10H12OS/c1-7-3-2-4-8-5-9(6-11)12-10(7)8/h5-7H,2-4H2,1H3/t7-/m1/s1. The molecule has 0 saturated heterocycles. The van der Waals surface area contributed by atoms with Crippen LogP contribution in [0.15, 0.2) is 6.07 Å². The minimum Gasteiger partial charge on any atom is -0.297 e. The summed E-state index contributed by atoms with van der Waals surface area (Å²) in [4.78, 5) is 12.9. The fourth-order valence-electron chi connectivity index (χ4n) is 1.87. The van der Waals surface area contributed by atoms with Crippen LogP contribution in [0, 0.1) is 0 Å². The Morgan fingerprint density at radius 3 is 3.17 bits per heavy atom. The molecule has 64 valence electrons. The number of hydrogen-bond acceptors (Lipinski definition) is 2. The molecule has 0 spiro atoms. The van der Waals surface area contributed by atoms with Gasteiger partial charge in [0.25, 0.3) is 0 Å². The third kappa shape index (κ3) is 1.20. The summed E-state index contributed by atoms with van der Waals surface area (Å²) in [5.41, 5.74) is 1.42. The first-order valence-electron chi connectivity index (χ1n) is 4.39. The van der Waals surface area contributed by atoms with Crippen molar-refractivity contribution in [1.82, 2.24) is 0 Å². The lowest BCUT2D eigenvalue weighted by Gasteiger charge is -2.17. The van der Waals surface area contributed by atoms with E-state index in [1.165, 1.54) is 29.7 Å². The van der Waals surface area contributed by atoms with E-state index in [0.717, 1.165) is 11.2 Å². The van der Waals surface area contributed by atoms with Crippen molar-refractivity contribution in [1.29, 1.82) is 0 Å². The van der Waals surface area contributed by atoms with Crippen LogP contribution in [0.25, 0.3) is 0 Å². The molecule has 0 unspecified atom stereocenters. The van der Waals surface area contributed by atoms with Crippen LogP contribution in [0.2, 0.25) is 0 Å². The van der Waals surface area contributed by atoms with Crippen molar-refractivity contribution in [3.8, 4) is 0 Å². The zero-order valence-corrected chi connectivity index (χ0v) is 7.99. The minimum absolute atomic E-state index is 0.674. The molecule has 0 N–H and O–H groups in total. The number of fused-ring (bicyclic) bond motifs is 1. The van der Waals surface area contributed by atoms with Crippen LogP contribution in [-0.2, 0) is 6.42 Å². The number of carbonyl (C=O) groups is 1. The summed E-state index contributed by atoms with van der Waals surface area (Å²) in [5.74, 6) is 0.674. The topological polar surface area (TPSA) is 17.1 Å². The largest absolute Gasteiger partial charge is 0.297 e. The predicted molar refractivity (Wildman–Crippen MR) is 51.1 cm³/mol. The van der Waals surface area contributed by atoms with Gasteiger partial charge in [0.15, 0.2) is 6.29 Å². The van der Waals surface area contributed by atoms with Crippen LogP contribution >= 0.6 is 11.3 Å². The Labute approximate surface area is 76.4 Å². The summed E-state index contributed by atoms with van der Waals surface area (Å²) in [6.07, 6.45) is 4.70. The Hall–Kier alpha value is -0.630. The van der Waals surface area contributed by atoms with E-state index in [4.69, 9.17) is 0 Å². The lowest BCUT2D eigenvalue weighted by atomic mass is 9.91. The molecule has 1 aliphatic carbocycles. The van der Waals surface area contributed by atoms with E-state index in [0.29, 0.717) is 5.92 Å². The average Bonchev–Trinajstić information content (AvgIpc) is 2.49. The summed E-state index contributed by atoms with van der Waals surface area (Å²) in [7, 11) is 0. The summed E-state index contributed by atoms with van der Waals surface area (Å²) in [5, 5.41) is 0. The van der Waals surface area contributed by atoms with Gasteiger partial charge in [0.1, 0.15) is 0 Å². The molecule has 1 aromatic rings. The highest BCUT2D eigenvalue weighted by atomic mass is 32.1. The molecule has 1 aromatic heterocycles. The van der Waals surface area contributed by atoms with Crippen molar-refractivity contribution in [3.63, 3.8) is 0 Å². The number of thiophene rings is 1. The molecule has 2 rings (SSSR count). The Morgan fingerprint density at radius 1 is 1.67 bits per heavy atom. The van der Waals surface area contributed by atoms with Crippen LogP contribution in [0.5, 0.6) is 0 Å². The highest BCUT2D eigenvalue weighted by molar-refractivity contribution is 7.13. The summed E-state index contributed by atoms with van der Waals surface area (Å²) in [6.45, 7) is 2.25. The molecule has 0 bridgehead atoms. The van der Waals surface area contributed by atoms with Crippen LogP contribution in [0.4, 0.5) is 0 Å². The molecule has 1 atom stereocenters. The van der Waals surface area contributed by atoms with E-state index in [2.05, 4.69) is 13.0 Å². The van der Waals surface area contributed by atoms with E-state index in [-0.39, 0.29) is 0 Å². The molecule has 0 aliphatic heterocycles. The van der Waals surface area contributed by atoms with Gasteiger partial charge in [-0.05, 0) is 36.8 Å². The Kier molecular flexibility index (Phi) is 2.01. The first-order valence-corrected chi connectivity index (χ1v) is 5.20. The van der Waals surface area contributed by atoms with Gasteiger partial charge in [-0.1, -0.05) is 6.92 Å². The normalized spacial score (nSPS) is 21.9. The van der Waals surface area contributed by atoms with Crippen molar-refractivity contribution in [2.24, 2.45) is 0 Å². The van der Waals surface area contributed by atoms with Crippen LogP contribution in [0.3, 0.4) is 0 Å². The first-order chi connectivity index (χ1) is 5.81. The fraction of sp³-hybridized carbons (Fsp3) is 0.500. The van der Waals surface area contributed by atoms with Crippen molar-refractivity contribution in [2.75, 3.05) is 0 Å². The summed E-state index contributed by atoms with van der Waals surface area (Å²) in [6, 6.07) is 2.06. The third-order valence-electron chi connectivity index (χ3n) is 2.51. The molecule has 2 heteroatoms. The Balaban J connectivity index is 2.43. The summed E-state index contributed by atoms with van der Waals surface area (Å²) < 4.78 is 0. The molecule has 12 heavy (non-hydrogen) atoms. The maximum Gasteiger partial charge on any atom is 0.160 e. The van der Waals surface area contributed by atoms with Crippen molar-refractivity contribution in [3.05, 3.63) is 21.4 Å². The number of aldehydes is 1. The number of aryl methyl sites for hydroxylation is 1. The molecule has 0 amide bonds. The van der Waals surface area contributed by atoms with Gasteiger partial charge < -0.3 is 0 Å². The highest BCUT2D eigenvalue weighted by Gasteiger charge is 2.18. The molecule has 1 heterocycles. The van der Waals surface area contributed by atoms with E-state index in [1.807, 2.05) is 0 Å². The van der Waals surface area contributed by atoms with Gasteiger partial charge in [-0.3, -0.25) is 4.79 Å². The summed E-state index contributed by atoms with van der Waals surface area (Å²) >= 11 is 1.68. The van der Waals surface area contributed by atoms with E-state index in [1.54, 1.807) is 11.3 Å². The van der Waals surface area contributed by atoms with E-state index in [9.17, 15) is 4.79 Å². The van der Waals surface area contributed by atoms with Crippen LogP contribution in [-0.4, -0.2) is 6.29 Å². The van der Waals surface area contributed by atoms with Gasteiger partial charge in [-0.2, -0.15) is 0 Å². The highest BCUT2D eigenvalue weighted by Crippen LogP contribution is 2.36. The fourth-order valence-corrected chi connectivity index (χ4v) is 2.98. The van der Waals surface area contributed by atoms with Gasteiger partial charge in [-0.15, -0.1) is 11.3 Å². The molecule has 0 saturated carbocycles. The molecule has 0 aromatic carbocycles. The molecule has 0 radical (unpaired) electrons. The van der Waals surface area contributed by atoms with Gasteiger partial charge in [0.2, 0.25) is 0 Å². The van der Waals surface area contributed by atoms with E-state index >= 15 is 0 Å². The van der Waals surface area contributed by atoms with Gasteiger partial charge >= 0.3 is 0 Å². The third-order valence-corrected chi connectivity index (χ3v) is 3.84. The SMILES string of the molecule is C[C@@H]1CCCc2cc(C=O)sc21. The number of rotatable bonds is 1. The molecular formula is C10H12OS. The van der Waals surface area contributed by atoms with Gasteiger partial charge in [0.05, 0.1) is 4.88 Å². The first kappa shape index (κ1) is 7.99. The number of carbonyl (C=O) groups excluding carboxylic acids is 1. The van der Waals surface area contributed by atoms with Crippen LogP contribution < -0.4 is 0 Å². The second-order valence-electron chi connectivity index (χ2n) is 3.45. The zero-order valence-electron chi connectivity index (χ0n) is 7.17. The molecule has 0 fully saturated rings. The number of hydrogen-bond donors (Lipinski definition) is 0.